The van der Waals surface area contributed by atoms with Gasteiger partial charge in [0.05, 0.1) is 6.20 Å². The van der Waals surface area contributed by atoms with Crippen LogP contribution >= 0.6 is 23.2 Å². The maximum absolute atomic E-state index is 11.0. The first-order valence-corrected chi connectivity index (χ1v) is 5.04. The third kappa shape index (κ3) is 3.21. The van der Waals surface area contributed by atoms with Crippen LogP contribution in [0.3, 0.4) is 0 Å². The number of hydrogen-bond acceptors (Lipinski definition) is 4. The molecular formula is C8H10Cl2N4O. The second-order valence-electron chi connectivity index (χ2n) is 2.84. The molecule has 1 aromatic heterocycles. The predicted octanol–water partition coefficient (Wildman–Crippen LogP) is 1.46. The lowest BCUT2D eigenvalue weighted by Gasteiger charge is -2.14. The van der Waals surface area contributed by atoms with Gasteiger partial charge in [0.15, 0.2) is 5.82 Å². The summed E-state index contributed by atoms with van der Waals surface area (Å²) in [7, 11) is 0. The molecule has 1 rings (SSSR count). The monoisotopic (exact) mass is 248 g/mol. The number of hydrogen-bond donors (Lipinski definition) is 2. The highest BCUT2D eigenvalue weighted by molar-refractivity contribution is 6.33. The molecule has 15 heavy (non-hydrogen) atoms. The van der Waals surface area contributed by atoms with Gasteiger partial charge in [-0.1, -0.05) is 18.5 Å². The van der Waals surface area contributed by atoms with E-state index < -0.39 is 11.9 Å². The van der Waals surface area contributed by atoms with E-state index in [1.807, 2.05) is 6.92 Å². The fourth-order valence-corrected chi connectivity index (χ4v) is 1.27. The normalized spacial score (nSPS) is 12.2. The molecule has 1 aromatic rings. The molecule has 0 aliphatic carbocycles. The number of halogens is 2. The van der Waals surface area contributed by atoms with Gasteiger partial charge in [0.1, 0.15) is 11.1 Å². The maximum atomic E-state index is 11.0. The lowest BCUT2D eigenvalue weighted by Crippen LogP contribution is -2.35. The summed E-state index contributed by atoms with van der Waals surface area (Å²) in [6.45, 7) is 1.82. The van der Waals surface area contributed by atoms with E-state index in [1.165, 1.54) is 6.20 Å². The average Bonchev–Trinajstić information content (AvgIpc) is 2.18. The molecule has 3 N–H and O–H groups in total. The van der Waals surface area contributed by atoms with Crippen LogP contribution in [-0.2, 0) is 4.79 Å². The van der Waals surface area contributed by atoms with E-state index in [2.05, 4.69) is 15.3 Å². The van der Waals surface area contributed by atoms with Crippen molar-refractivity contribution in [3.63, 3.8) is 0 Å². The molecule has 0 aliphatic rings. The van der Waals surface area contributed by atoms with Crippen molar-refractivity contribution in [1.82, 2.24) is 9.97 Å². The summed E-state index contributed by atoms with van der Waals surface area (Å²) < 4.78 is 0. The van der Waals surface area contributed by atoms with Gasteiger partial charge >= 0.3 is 0 Å². The molecule has 0 radical (unpaired) electrons. The summed E-state index contributed by atoms with van der Waals surface area (Å²) in [6, 6.07) is -0.520. The standard InChI is InChI=1S/C8H10Cl2N4O/c1-2-5(6(11)15)13-7-4(9)3-12-8(10)14-7/h3,5H,2H2,1H3,(H2,11,15)(H,12,13,14). The Morgan fingerprint density at radius 3 is 2.87 bits per heavy atom. The van der Waals surface area contributed by atoms with Crippen molar-refractivity contribution < 1.29 is 4.79 Å². The first-order chi connectivity index (χ1) is 7.04. The van der Waals surface area contributed by atoms with Gasteiger partial charge in [-0.2, -0.15) is 4.98 Å². The van der Waals surface area contributed by atoms with Crippen molar-refractivity contribution >= 4 is 34.9 Å². The molecular weight excluding hydrogens is 239 g/mol. The molecule has 0 aromatic carbocycles. The molecule has 1 unspecified atom stereocenters. The Morgan fingerprint density at radius 1 is 1.67 bits per heavy atom. The average molecular weight is 249 g/mol. The van der Waals surface area contributed by atoms with Gasteiger partial charge in [0, 0.05) is 0 Å². The Balaban J connectivity index is 2.87. The zero-order chi connectivity index (χ0) is 11.4. The summed E-state index contributed by atoms with van der Waals surface area (Å²) in [5.41, 5.74) is 5.16. The van der Waals surface area contributed by atoms with Crippen molar-refractivity contribution in [1.29, 1.82) is 0 Å². The number of nitrogens with zero attached hydrogens (tertiary/aromatic N) is 2. The van der Waals surface area contributed by atoms with Crippen molar-refractivity contribution in [2.24, 2.45) is 5.73 Å². The number of anilines is 1. The Kier molecular flexibility index (Phi) is 4.11. The van der Waals surface area contributed by atoms with Crippen LogP contribution in [0.1, 0.15) is 13.3 Å². The SMILES string of the molecule is CCC(Nc1nc(Cl)ncc1Cl)C(N)=O. The Morgan fingerprint density at radius 2 is 2.33 bits per heavy atom. The van der Waals surface area contributed by atoms with Crippen molar-refractivity contribution in [3.05, 3.63) is 16.5 Å². The van der Waals surface area contributed by atoms with Gasteiger partial charge in [-0.3, -0.25) is 4.79 Å². The van der Waals surface area contributed by atoms with Crippen LogP contribution < -0.4 is 11.1 Å². The minimum Gasteiger partial charge on any atom is -0.368 e. The third-order valence-corrected chi connectivity index (χ3v) is 2.24. The number of amides is 1. The molecule has 0 spiro atoms. The number of aromatic nitrogens is 2. The highest BCUT2D eigenvalue weighted by Crippen LogP contribution is 2.20. The van der Waals surface area contributed by atoms with Crippen LogP contribution in [-0.4, -0.2) is 21.9 Å². The molecule has 7 heteroatoms. The smallest absolute Gasteiger partial charge is 0.239 e. The van der Waals surface area contributed by atoms with Crippen molar-refractivity contribution in [3.8, 4) is 0 Å². The lowest BCUT2D eigenvalue weighted by atomic mass is 10.2. The fraction of sp³-hybridized carbons (Fsp3) is 0.375. The minimum absolute atomic E-state index is 0.0567. The van der Waals surface area contributed by atoms with E-state index in [-0.39, 0.29) is 5.28 Å². The minimum atomic E-state index is -0.520. The van der Waals surface area contributed by atoms with Crippen LogP contribution in [0.5, 0.6) is 0 Å². The van der Waals surface area contributed by atoms with Gasteiger partial charge in [0.25, 0.3) is 0 Å². The first kappa shape index (κ1) is 12.0. The highest BCUT2D eigenvalue weighted by atomic mass is 35.5. The van der Waals surface area contributed by atoms with Crippen LogP contribution in [0, 0.1) is 0 Å². The molecule has 1 atom stereocenters. The highest BCUT2D eigenvalue weighted by Gasteiger charge is 2.15. The van der Waals surface area contributed by atoms with E-state index in [0.29, 0.717) is 17.3 Å². The number of carbonyl (C=O) groups excluding carboxylic acids is 1. The van der Waals surface area contributed by atoms with Gasteiger partial charge in [-0.15, -0.1) is 0 Å². The summed E-state index contributed by atoms with van der Waals surface area (Å²) in [4.78, 5) is 18.5. The molecule has 0 aliphatic heterocycles. The molecule has 1 heterocycles. The van der Waals surface area contributed by atoms with Crippen molar-refractivity contribution in [2.45, 2.75) is 19.4 Å². The van der Waals surface area contributed by atoms with Crippen LogP contribution in [0.15, 0.2) is 6.20 Å². The van der Waals surface area contributed by atoms with Gasteiger partial charge in [-0.25, -0.2) is 4.98 Å². The summed E-state index contributed by atoms with van der Waals surface area (Å²) in [6.07, 6.45) is 1.89. The molecule has 0 saturated carbocycles. The topological polar surface area (TPSA) is 80.9 Å². The summed E-state index contributed by atoms with van der Waals surface area (Å²) >= 11 is 11.4. The predicted molar refractivity (Wildman–Crippen MR) is 58.9 cm³/mol. The zero-order valence-electron chi connectivity index (χ0n) is 8.00. The molecule has 0 saturated heterocycles. The third-order valence-electron chi connectivity index (χ3n) is 1.78. The second-order valence-corrected chi connectivity index (χ2v) is 3.59. The fourth-order valence-electron chi connectivity index (χ4n) is 0.986. The Bertz CT molecular complexity index is 372. The molecule has 5 nitrogen and oxygen atoms in total. The number of nitrogens with two attached hydrogens (primary N) is 1. The Labute approximate surface area is 97.0 Å². The first-order valence-electron chi connectivity index (χ1n) is 4.28. The van der Waals surface area contributed by atoms with E-state index in [1.54, 1.807) is 0 Å². The van der Waals surface area contributed by atoms with Gasteiger partial charge in [0.2, 0.25) is 11.2 Å². The molecule has 0 fully saturated rings. The maximum Gasteiger partial charge on any atom is 0.239 e. The number of rotatable bonds is 4. The van der Waals surface area contributed by atoms with Crippen molar-refractivity contribution in [2.75, 3.05) is 5.32 Å². The van der Waals surface area contributed by atoms with E-state index in [0.717, 1.165) is 0 Å². The largest absolute Gasteiger partial charge is 0.368 e. The number of primary amides is 1. The molecule has 1 amide bonds. The molecule has 0 bridgehead atoms. The lowest BCUT2D eigenvalue weighted by molar-refractivity contribution is -0.118. The van der Waals surface area contributed by atoms with Gasteiger partial charge in [-0.05, 0) is 18.0 Å². The van der Waals surface area contributed by atoms with E-state index in [4.69, 9.17) is 28.9 Å². The van der Waals surface area contributed by atoms with Crippen LogP contribution in [0.25, 0.3) is 0 Å². The van der Waals surface area contributed by atoms with E-state index in [9.17, 15) is 4.79 Å². The second kappa shape index (κ2) is 5.14. The number of carbonyl (C=O) groups is 1. The van der Waals surface area contributed by atoms with E-state index >= 15 is 0 Å². The Hall–Kier alpha value is -1.07. The van der Waals surface area contributed by atoms with Crippen LogP contribution in [0.2, 0.25) is 10.3 Å². The number of nitrogens with one attached hydrogen (secondary N) is 1. The summed E-state index contributed by atoms with van der Waals surface area (Å²) in [5.74, 6) is -0.161. The zero-order valence-corrected chi connectivity index (χ0v) is 9.51. The summed E-state index contributed by atoms with van der Waals surface area (Å²) in [5, 5.41) is 3.14. The molecule has 82 valence electrons. The van der Waals surface area contributed by atoms with Gasteiger partial charge < -0.3 is 11.1 Å². The quantitative estimate of drug-likeness (QED) is 0.791. The van der Waals surface area contributed by atoms with Crippen LogP contribution in [0.4, 0.5) is 5.82 Å².